The van der Waals surface area contributed by atoms with Gasteiger partial charge in [-0.25, -0.2) is 9.18 Å². The molecule has 0 amide bonds. The van der Waals surface area contributed by atoms with Crippen molar-refractivity contribution in [2.24, 2.45) is 0 Å². The first-order valence-corrected chi connectivity index (χ1v) is 5.88. The van der Waals surface area contributed by atoms with E-state index in [0.29, 0.717) is 11.1 Å². The lowest BCUT2D eigenvalue weighted by Gasteiger charge is -2.06. The fraction of sp³-hybridized carbons (Fsp3) is 0.133. The zero-order valence-corrected chi connectivity index (χ0v) is 10.4. The van der Waals surface area contributed by atoms with Gasteiger partial charge in [-0.3, -0.25) is 0 Å². The minimum Gasteiger partial charge on any atom is -0.508 e. The maximum atomic E-state index is 13.8. The number of benzene rings is 2. The minimum absolute atomic E-state index is 0.0919. The van der Waals surface area contributed by atoms with Gasteiger partial charge in [-0.1, -0.05) is 18.2 Å². The van der Waals surface area contributed by atoms with Crippen LogP contribution in [-0.4, -0.2) is 17.7 Å². The molecule has 2 rings (SSSR count). The number of carbonyl (C=O) groups is 1. The normalized spacial score (nSPS) is 10.2. The van der Waals surface area contributed by atoms with Gasteiger partial charge in [-0.2, -0.15) is 0 Å². The maximum Gasteiger partial charge on any atom is 0.341 e. The van der Waals surface area contributed by atoms with Crippen LogP contribution in [0.15, 0.2) is 42.5 Å². The van der Waals surface area contributed by atoms with E-state index in [1.54, 1.807) is 25.1 Å². The lowest BCUT2D eigenvalue weighted by atomic mass is 10.0. The first-order valence-electron chi connectivity index (χ1n) is 5.88. The molecule has 0 heterocycles. The Bertz CT molecular complexity index is 608. The van der Waals surface area contributed by atoms with E-state index in [9.17, 15) is 14.3 Å². The number of carbonyl (C=O) groups excluding carboxylic acids is 1. The number of hydrogen-bond acceptors (Lipinski definition) is 3. The Kier molecular flexibility index (Phi) is 3.80. The van der Waals surface area contributed by atoms with Gasteiger partial charge in [0.05, 0.1) is 12.2 Å². The average Bonchev–Trinajstić information content (AvgIpc) is 2.38. The third-order valence-corrected chi connectivity index (χ3v) is 2.64. The number of ether oxygens (including phenoxy) is 1. The number of rotatable bonds is 3. The summed E-state index contributed by atoms with van der Waals surface area (Å²) in [6.07, 6.45) is 0. The van der Waals surface area contributed by atoms with E-state index in [1.165, 1.54) is 24.3 Å². The molecule has 0 unspecified atom stereocenters. The molecule has 0 saturated heterocycles. The third-order valence-electron chi connectivity index (χ3n) is 2.64. The van der Waals surface area contributed by atoms with Crippen LogP contribution >= 0.6 is 0 Å². The summed E-state index contributed by atoms with van der Waals surface area (Å²) in [5, 5.41) is 9.39. The molecule has 98 valence electrons. The van der Waals surface area contributed by atoms with Crippen LogP contribution in [0.25, 0.3) is 11.1 Å². The molecule has 19 heavy (non-hydrogen) atoms. The topological polar surface area (TPSA) is 46.5 Å². The van der Waals surface area contributed by atoms with Crippen molar-refractivity contribution in [3.8, 4) is 16.9 Å². The quantitative estimate of drug-likeness (QED) is 0.860. The molecule has 0 radical (unpaired) electrons. The highest BCUT2D eigenvalue weighted by atomic mass is 19.1. The highest BCUT2D eigenvalue weighted by Crippen LogP contribution is 2.25. The van der Waals surface area contributed by atoms with E-state index >= 15 is 0 Å². The molecule has 0 aliphatic rings. The maximum absolute atomic E-state index is 13.8. The lowest BCUT2D eigenvalue weighted by molar-refractivity contribution is 0.0521. The molecular formula is C15H13FO3. The minimum atomic E-state index is -0.678. The summed E-state index contributed by atoms with van der Waals surface area (Å²) < 4.78 is 18.6. The molecule has 0 bridgehead atoms. The van der Waals surface area contributed by atoms with Gasteiger partial charge in [-0.05, 0) is 42.3 Å². The predicted octanol–water partition coefficient (Wildman–Crippen LogP) is 3.38. The first-order chi connectivity index (χ1) is 9.11. The zero-order chi connectivity index (χ0) is 13.8. The summed E-state index contributed by atoms with van der Waals surface area (Å²) >= 11 is 0. The SMILES string of the molecule is CCOC(=O)c1ccc(-c2cccc(O)c2)cc1F. The summed E-state index contributed by atoms with van der Waals surface area (Å²) in [5.41, 5.74) is 1.17. The Balaban J connectivity index is 2.36. The number of hydrogen-bond donors (Lipinski definition) is 1. The molecule has 3 nitrogen and oxygen atoms in total. The van der Waals surface area contributed by atoms with Crippen LogP contribution in [0.1, 0.15) is 17.3 Å². The van der Waals surface area contributed by atoms with Crippen molar-refractivity contribution in [1.82, 2.24) is 0 Å². The number of phenols is 1. The molecular weight excluding hydrogens is 247 g/mol. The monoisotopic (exact) mass is 260 g/mol. The van der Waals surface area contributed by atoms with E-state index in [1.807, 2.05) is 0 Å². The van der Waals surface area contributed by atoms with Gasteiger partial charge in [0, 0.05) is 0 Å². The van der Waals surface area contributed by atoms with Gasteiger partial charge < -0.3 is 9.84 Å². The fourth-order valence-corrected chi connectivity index (χ4v) is 1.75. The third kappa shape index (κ3) is 2.91. The van der Waals surface area contributed by atoms with Crippen LogP contribution in [-0.2, 0) is 4.74 Å². The van der Waals surface area contributed by atoms with Gasteiger partial charge in [-0.15, -0.1) is 0 Å². The van der Waals surface area contributed by atoms with Crippen molar-refractivity contribution in [2.45, 2.75) is 6.92 Å². The summed E-state index contributed by atoms with van der Waals surface area (Å²) in [7, 11) is 0. The van der Waals surface area contributed by atoms with Crippen molar-refractivity contribution < 1.29 is 19.0 Å². The Morgan fingerprint density at radius 2 is 1.95 bits per heavy atom. The van der Waals surface area contributed by atoms with Gasteiger partial charge >= 0.3 is 5.97 Å². The second kappa shape index (κ2) is 5.52. The van der Waals surface area contributed by atoms with Crippen LogP contribution < -0.4 is 0 Å². The van der Waals surface area contributed by atoms with Crippen molar-refractivity contribution >= 4 is 5.97 Å². The standard InChI is InChI=1S/C15H13FO3/c1-2-19-15(18)13-7-6-11(9-14(13)16)10-4-3-5-12(17)8-10/h3-9,17H,2H2,1H3. The number of aromatic hydroxyl groups is 1. The van der Waals surface area contributed by atoms with Crippen LogP contribution in [0.4, 0.5) is 4.39 Å². The van der Waals surface area contributed by atoms with Crippen molar-refractivity contribution in [2.75, 3.05) is 6.61 Å². The van der Waals surface area contributed by atoms with Gasteiger partial charge in [0.15, 0.2) is 0 Å². The van der Waals surface area contributed by atoms with Crippen molar-refractivity contribution in [1.29, 1.82) is 0 Å². The summed E-state index contributed by atoms with van der Waals surface area (Å²) in [5.74, 6) is -1.21. The molecule has 0 fully saturated rings. The van der Waals surface area contributed by atoms with Gasteiger partial charge in [0.1, 0.15) is 11.6 Å². The lowest BCUT2D eigenvalue weighted by Crippen LogP contribution is -2.07. The van der Waals surface area contributed by atoms with E-state index in [-0.39, 0.29) is 17.9 Å². The smallest absolute Gasteiger partial charge is 0.341 e. The molecule has 0 aromatic heterocycles. The van der Waals surface area contributed by atoms with Crippen molar-refractivity contribution in [3.05, 3.63) is 53.8 Å². The summed E-state index contributed by atoms with van der Waals surface area (Å²) in [4.78, 5) is 11.5. The molecule has 0 saturated carbocycles. The second-order valence-corrected chi connectivity index (χ2v) is 3.97. The summed E-state index contributed by atoms with van der Waals surface area (Å²) in [6.45, 7) is 1.86. The molecule has 0 aliphatic heterocycles. The second-order valence-electron chi connectivity index (χ2n) is 3.97. The van der Waals surface area contributed by atoms with E-state index < -0.39 is 11.8 Å². The van der Waals surface area contributed by atoms with Crippen LogP contribution in [0, 0.1) is 5.82 Å². The molecule has 2 aromatic carbocycles. The highest BCUT2D eigenvalue weighted by molar-refractivity contribution is 5.90. The number of halogens is 1. The largest absolute Gasteiger partial charge is 0.508 e. The van der Waals surface area contributed by atoms with E-state index in [4.69, 9.17) is 4.74 Å². The molecule has 1 N–H and O–H groups in total. The Labute approximate surface area is 110 Å². The van der Waals surface area contributed by atoms with Crippen LogP contribution in [0.5, 0.6) is 5.75 Å². The zero-order valence-electron chi connectivity index (χ0n) is 10.4. The van der Waals surface area contributed by atoms with E-state index in [2.05, 4.69) is 0 Å². The Hall–Kier alpha value is -2.36. The average molecular weight is 260 g/mol. The first kappa shape index (κ1) is 13.1. The molecule has 0 aliphatic carbocycles. The summed E-state index contributed by atoms with van der Waals surface area (Å²) in [6, 6.07) is 10.7. The van der Waals surface area contributed by atoms with E-state index in [0.717, 1.165) is 0 Å². The number of phenolic OH excluding ortho intramolecular Hbond substituents is 1. The molecule has 4 heteroatoms. The van der Waals surface area contributed by atoms with Gasteiger partial charge in [0.25, 0.3) is 0 Å². The molecule has 0 spiro atoms. The predicted molar refractivity (Wildman–Crippen MR) is 69.5 cm³/mol. The van der Waals surface area contributed by atoms with Crippen molar-refractivity contribution in [3.63, 3.8) is 0 Å². The highest BCUT2D eigenvalue weighted by Gasteiger charge is 2.13. The fourth-order valence-electron chi connectivity index (χ4n) is 1.75. The van der Waals surface area contributed by atoms with Crippen LogP contribution in [0.2, 0.25) is 0 Å². The van der Waals surface area contributed by atoms with Crippen LogP contribution in [0.3, 0.4) is 0 Å². The van der Waals surface area contributed by atoms with Gasteiger partial charge in [0.2, 0.25) is 0 Å². The molecule has 0 atom stereocenters. The number of esters is 1. The molecule has 2 aromatic rings. The Morgan fingerprint density at radius 3 is 2.58 bits per heavy atom. The Morgan fingerprint density at radius 1 is 1.21 bits per heavy atom.